The lowest BCUT2D eigenvalue weighted by Crippen LogP contribution is -1.72. The van der Waals surface area contributed by atoms with Crippen LogP contribution in [0.5, 0.6) is 0 Å². The minimum absolute atomic E-state index is 0.466. The van der Waals surface area contributed by atoms with Crippen LogP contribution in [0.25, 0.3) is 21.3 Å². The molecule has 14 heavy (non-hydrogen) atoms. The predicted molar refractivity (Wildman–Crippen MR) is 54.1 cm³/mol. The molecule has 0 spiro atoms. The minimum Gasteiger partial charge on any atom is -0.706 e. The molecule has 0 aliphatic carbocycles. The van der Waals surface area contributed by atoms with Gasteiger partial charge in [-0.15, -0.1) is 0 Å². The Morgan fingerprint density at radius 1 is 1.07 bits per heavy atom. The van der Waals surface area contributed by atoms with Crippen molar-refractivity contribution in [2.75, 3.05) is 0 Å². The summed E-state index contributed by atoms with van der Waals surface area (Å²) in [5.41, 5.74) is 9.66. The molecule has 2 aromatic rings. The van der Waals surface area contributed by atoms with Gasteiger partial charge in [0.05, 0.1) is 5.39 Å². The highest BCUT2D eigenvalue weighted by Crippen LogP contribution is 2.32. The Hall–Kier alpha value is -2.28. The average molecular weight is 182 g/mol. The van der Waals surface area contributed by atoms with Crippen LogP contribution < -0.4 is 0 Å². The molecule has 0 aliphatic rings. The summed E-state index contributed by atoms with van der Waals surface area (Å²) in [5, 5.41) is 13.4. The van der Waals surface area contributed by atoms with E-state index in [1.807, 2.05) is 0 Å². The molecule has 0 amide bonds. The number of diazo groups is 1. The van der Waals surface area contributed by atoms with Crippen LogP contribution in [0, 0.1) is 5.39 Å². The third-order valence-electron chi connectivity index (χ3n) is 2.09. The largest absolute Gasteiger partial charge is 0.706 e. The van der Waals surface area contributed by atoms with Crippen LogP contribution in [0.2, 0.25) is 0 Å². The molecule has 2 rings (SSSR count). The quantitative estimate of drug-likeness (QED) is 0.486. The SMILES string of the molecule is N#[N+]c1cccc2c(N=[N-])cccc12. The molecule has 66 valence electrons. The van der Waals surface area contributed by atoms with Crippen LogP contribution in [0.15, 0.2) is 41.5 Å². The molecule has 0 radical (unpaired) electrons. The molecule has 0 unspecified atom stereocenters. The molecular formula is C10H6N4. The molecule has 4 heteroatoms. The summed E-state index contributed by atoms with van der Waals surface area (Å²) in [4.78, 5) is 3.15. The fourth-order valence-corrected chi connectivity index (χ4v) is 1.45. The Morgan fingerprint density at radius 2 is 1.79 bits per heavy atom. The Bertz CT molecular complexity index is 539. The van der Waals surface area contributed by atoms with Crippen molar-refractivity contribution in [1.29, 1.82) is 5.39 Å². The lowest BCUT2D eigenvalue weighted by molar-refractivity contribution is 1.47. The number of hydrogen-bond acceptors (Lipinski definition) is 2. The van der Waals surface area contributed by atoms with E-state index < -0.39 is 0 Å². The van der Waals surface area contributed by atoms with Crippen LogP contribution in [0.1, 0.15) is 0 Å². The van der Waals surface area contributed by atoms with Crippen LogP contribution >= 0.6 is 0 Å². The van der Waals surface area contributed by atoms with Crippen molar-refractivity contribution in [2.45, 2.75) is 0 Å². The van der Waals surface area contributed by atoms with Gasteiger partial charge in [-0.05, 0) is 12.1 Å². The molecule has 0 aromatic heterocycles. The molecule has 0 heterocycles. The topological polar surface area (TPSA) is 62.8 Å². The van der Waals surface area contributed by atoms with Gasteiger partial charge < -0.3 is 10.6 Å². The summed E-state index contributed by atoms with van der Waals surface area (Å²) >= 11 is 0. The van der Waals surface area contributed by atoms with Crippen LogP contribution in [-0.4, -0.2) is 0 Å². The minimum atomic E-state index is 0.466. The number of benzene rings is 2. The highest BCUT2D eigenvalue weighted by atomic mass is 15.0. The zero-order valence-corrected chi connectivity index (χ0v) is 7.25. The smallest absolute Gasteiger partial charge is 0.392 e. The van der Waals surface area contributed by atoms with Crippen LogP contribution in [-0.2, 0) is 0 Å². The molecule has 0 aliphatic heterocycles. The molecule has 0 bridgehead atoms. The summed E-state index contributed by atoms with van der Waals surface area (Å²) in [6.07, 6.45) is 0. The van der Waals surface area contributed by atoms with Crippen molar-refractivity contribution >= 4 is 22.1 Å². The van der Waals surface area contributed by atoms with E-state index in [1.165, 1.54) is 0 Å². The fraction of sp³-hybridized carbons (Fsp3) is 0. The van der Waals surface area contributed by atoms with Gasteiger partial charge in [0.15, 0.2) is 4.98 Å². The highest BCUT2D eigenvalue weighted by Gasteiger charge is 2.10. The van der Waals surface area contributed by atoms with E-state index in [0.29, 0.717) is 11.4 Å². The maximum Gasteiger partial charge on any atom is 0.392 e. The van der Waals surface area contributed by atoms with Crippen molar-refractivity contribution in [1.82, 2.24) is 0 Å². The third kappa shape index (κ3) is 1.12. The molecular weight excluding hydrogens is 176 g/mol. The first-order valence-corrected chi connectivity index (χ1v) is 4.09. The average Bonchev–Trinajstić information content (AvgIpc) is 2.27. The lowest BCUT2D eigenvalue weighted by atomic mass is 10.1. The Balaban J connectivity index is 2.93. The zero-order valence-electron chi connectivity index (χ0n) is 7.25. The van der Waals surface area contributed by atoms with E-state index in [4.69, 9.17) is 10.9 Å². The Morgan fingerprint density at radius 3 is 2.50 bits per heavy atom. The maximum atomic E-state index is 8.73. The molecule has 0 saturated carbocycles. The molecule has 0 saturated heterocycles. The summed E-state index contributed by atoms with van der Waals surface area (Å²) in [5.74, 6) is 0. The molecule has 0 fully saturated rings. The number of hydrogen-bond donors (Lipinski definition) is 0. The standard InChI is InChI=1S/C10H6N4/c11-13-9-5-1-3-7-8(9)4-2-6-10(7)14-12/h1-6H. The zero-order chi connectivity index (χ0) is 9.97. The van der Waals surface area contributed by atoms with E-state index in [-0.39, 0.29) is 0 Å². The first kappa shape index (κ1) is 8.32. The van der Waals surface area contributed by atoms with Gasteiger partial charge in [0.1, 0.15) is 0 Å². The van der Waals surface area contributed by atoms with Gasteiger partial charge in [-0.2, -0.15) is 0 Å². The van der Waals surface area contributed by atoms with Crippen molar-refractivity contribution in [2.24, 2.45) is 5.11 Å². The van der Waals surface area contributed by atoms with Crippen molar-refractivity contribution in [3.63, 3.8) is 0 Å². The number of rotatable bonds is 1. The van der Waals surface area contributed by atoms with Crippen molar-refractivity contribution in [3.05, 3.63) is 46.9 Å². The summed E-state index contributed by atoms with van der Waals surface area (Å²) in [6, 6.07) is 10.5. The van der Waals surface area contributed by atoms with Gasteiger partial charge in [-0.1, -0.05) is 18.2 Å². The van der Waals surface area contributed by atoms with Gasteiger partial charge in [0, 0.05) is 17.1 Å². The second-order valence-corrected chi connectivity index (χ2v) is 2.85. The lowest BCUT2D eigenvalue weighted by Gasteiger charge is -2.00. The highest BCUT2D eigenvalue weighted by molar-refractivity contribution is 6.00. The first-order chi connectivity index (χ1) is 6.86. The molecule has 0 atom stereocenters. The molecule has 4 nitrogen and oxygen atoms in total. The Kier molecular flexibility index (Phi) is 1.92. The second-order valence-electron chi connectivity index (χ2n) is 2.85. The monoisotopic (exact) mass is 182 g/mol. The van der Waals surface area contributed by atoms with Gasteiger partial charge >= 0.3 is 5.69 Å². The van der Waals surface area contributed by atoms with E-state index in [2.05, 4.69) is 10.1 Å². The summed E-state index contributed by atoms with van der Waals surface area (Å²) in [7, 11) is 0. The predicted octanol–water partition coefficient (Wildman–Crippen LogP) is 3.98. The van der Waals surface area contributed by atoms with E-state index >= 15 is 0 Å². The number of nitrogens with zero attached hydrogens (tertiary/aromatic N) is 4. The van der Waals surface area contributed by atoms with Crippen molar-refractivity contribution < 1.29 is 0 Å². The normalized spacial score (nSPS) is 9.64. The van der Waals surface area contributed by atoms with Crippen LogP contribution in [0.3, 0.4) is 0 Å². The maximum absolute atomic E-state index is 8.73. The van der Waals surface area contributed by atoms with Gasteiger partial charge in [-0.3, -0.25) is 0 Å². The fourth-order valence-electron chi connectivity index (χ4n) is 1.45. The summed E-state index contributed by atoms with van der Waals surface area (Å²) in [6.45, 7) is 0. The van der Waals surface area contributed by atoms with E-state index in [9.17, 15) is 0 Å². The summed E-state index contributed by atoms with van der Waals surface area (Å²) < 4.78 is 0. The van der Waals surface area contributed by atoms with Gasteiger partial charge in [-0.25, -0.2) is 0 Å². The molecule has 0 N–H and O–H groups in total. The van der Waals surface area contributed by atoms with Crippen LogP contribution in [0.4, 0.5) is 11.4 Å². The van der Waals surface area contributed by atoms with E-state index in [1.54, 1.807) is 36.4 Å². The number of fused-ring (bicyclic) bond motifs is 1. The van der Waals surface area contributed by atoms with Gasteiger partial charge in [0.2, 0.25) is 5.39 Å². The first-order valence-electron chi connectivity index (χ1n) is 4.09. The third-order valence-corrected chi connectivity index (χ3v) is 2.09. The van der Waals surface area contributed by atoms with Crippen molar-refractivity contribution in [3.8, 4) is 0 Å². The molecule has 2 aromatic carbocycles. The van der Waals surface area contributed by atoms with Gasteiger partial charge in [0.25, 0.3) is 0 Å². The second kappa shape index (κ2) is 3.23. The van der Waals surface area contributed by atoms with E-state index in [0.717, 1.165) is 10.8 Å². The Labute approximate surface area is 80.3 Å².